The van der Waals surface area contributed by atoms with E-state index in [1.54, 1.807) is 11.1 Å². The second kappa shape index (κ2) is 1.24. The molecule has 0 atom stereocenters. The van der Waals surface area contributed by atoms with Gasteiger partial charge in [-0.2, -0.15) is 0 Å². The molecule has 2 N–H and O–H groups in total. The van der Waals surface area contributed by atoms with E-state index in [1.165, 1.54) is 12.8 Å². The van der Waals surface area contributed by atoms with Gasteiger partial charge in [-0.25, -0.2) is 0 Å². The van der Waals surface area contributed by atoms with Gasteiger partial charge in [0.1, 0.15) is 0 Å². The van der Waals surface area contributed by atoms with E-state index < -0.39 is 0 Å². The first-order valence-electron chi connectivity index (χ1n) is 3.99. The Balaban J connectivity index is 2.11. The van der Waals surface area contributed by atoms with E-state index in [0.717, 1.165) is 12.5 Å². The summed E-state index contributed by atoms with van der Waals surface area (Å²) in [5.41, 5.74) is 9.45. The zero-order valence-electron chi connectivity index (χ0n) is 5.93. The highest BCUT2D eigenvalue weighted by atomic mass is 14.8. The molecule has 0 aromatic rings. The van der Waals surface area contributed by atoms with Gasteiger partial charge in [-0.05, 0) is 12.8 Å². The van der Waals surface area contributed by atoms with Crippen LogP contribution in [-0.2, 0) is 0 Å². The molecule has 1 nitrogen and oxygen atoms in total. The van der Waals surface area contributed by atoms with Gasteiger partial charge >= 0.3 is 0 Å². The first-order valence-corrected chi connectivity index (χ1v) is 3.99. The van der Waals surface area contributed by atoms with Crippen LogP contribution in [0.2, 0.25) is 0 Å². The van der Waals surface area contributed by atoms with E-state index in [4.69, 9.17) is 5.73 Å². The van der Waals surface area contributed by atoms with Crippen molar-refractivity contribution in [3.05, 3.63) is 23.3 Å². The third-order valence-corrected chi connectivity index (χ3v) is 3.43. The fourth-order valence-electron chi connectivity index (χ4n) is 2.77. The van der Waals surface area contributed by atoms with E-state index in [9.17, 15) is 0 Å². The molecule has 4 aliphatic rings. The summed E-state index contributed by atoms with van der Waals surface area (Å²) >= 11 is 0. The molecule has 0 aromatic carbocycles. The summed E-state index contributed by atoms with van der Waals surface area (Å²) in [6.07, 6.45) is 7.26. The Kier molecular flexibility index (Phi) is 0.635. The molecule has 0 heterocycles. The van der Waals surface area contributed by atoms with Crippen LogP contribution in [0.1, 0.15) is 12.8 Å². The topological polar surface area (TPSA) is 26.0 Å². The fraction of sp³-hybridized carbons (Fsp3) is 0.556. The van der Waals surface area contributed by atoms with Crippen LogP contribution in [0.5, 0.6) is 0 Å². The Morgan fingerprint density at radius 2 is 2.20 bits per heavy atom. The number of hydrogen-bond acceptors (Lipinski definition) is 1. The van der Waals surface area contributed by atoms with Crippen LogP contribution in [0.25, 0.3) is 0 Å². The lowest BCUT2D eigenvalue weighted by Crippen LogP contribution is -2.62. The molecular weight excluding hydrogens is 122 g/mol. The second-order valence-corrected chi connectivity index (χ2v) is 3.60. The van der Waals surface area contributed by atoms with E-state index >= 15 is 0 Å². The van der Waals surface area contributed by atoms with Crippen LogP contribution >= 0.6 is 0 Å². The van der Waals surface area contributed by atoms with E-state index in [2.05, 4.69) is 12.2 Å². The summed E-state index contributed by atoms with van der Waals surface area (Å²) in [5.74, 6) is 0.859. The zero-order chi connectivity index (χ0) is 6.77. The number of allylic oxidation sites excluding steroid dienone is 2. The van der Waals surface area contributed by atoms with Gasteiger partial charge in [0, 0.05) is 17.9 Å². The second-order valence-electron chi connectivity index (χ2n) is 3.60. The van der Waals surface area contributed by atoms with Crippen LogP contribution in [-0.4, -0.2) is 6.54 Å². The Morgan fingerprint density at radius 1 is 1.50 bits per heavy atom. The minimum atomic E-state index is 0.420. The molecule has 4 rings (SSSR count). The molecule has 0 unspecified atom stereocenters. The molecule has 0 amide bonds. The number of nitrogens with two attached hydrogens (primary N) is 1. The Morgan fingerprint density at radius 3 is 2.50 bits per heavy atom. The molecule has 0 spiro atoms. The van der Waals surface area contributed by atoms with Crippen molar-refractivity contribution in [3.8, 4) is 0 Å². The quantitative estimate of drug-likeness (QED) is 0.535. The van der Waals surface area contributed by atoms with Gasteiger partial charge in [-0.15, -0.1) is 0 Å². The van der Waals surface area contributed by atoms with Crippen molar-refractivity contribution in [3.63, 3.8) is 0 Å². The Labute approximate surface area is 60.6 Å². The molecule has 52 valence electrons. The van der Waals surface area contributed by atoms with Crippen molar-refractivity contribution in [1.29, 1.82) is 0 Å². The Bertz CT molecular complexity index is 236. The molecule has 0 aromatic heterocycles. The highest BCUT2D eigenvalue weighted by Crippen LogP contribution is 2.73. The maximum absolute atomic E-state index is 5.71. The van der Waals surface area contributed by atoms with E-state index in [1.807, 2.05) is 0 Å². The molecule has 3 fully saturated rings. The molecule has 1 heteroatoms. The minimum Gasteiger partial charge on any atom is -0.329 e. The largest absolute Gasteiger partial charge is 0.329 e. The van der Waals surface area contributed by atoms with Crippen molar-refractivity contribution in [2.24, 2.45) is 17.1 Å². The van der Waals surface area contributed by atoms with Crippen LogP contribution < -0.4 is 5.73 Å². The van der Waals surface area contributed by atoms with Crippen molar-refractivity contribution in [1.82, 2.24) is 0 Å². The smallest absolute Gasteiger partial charge is 0.0264 e. The van der Waals surface area contributed by atoms with Gasteiger partial charge < -0.3 is 5.73 Å². The number of rotatable bonds is 1. The van der Waals surface area contributed by atoms with Crippen molar-refractivity contribution < 1.29 is 0 Å². The molecule has 3 saturated carbocycles. The Hall–Kier alpha value is -0.560. The molecule has 0 saturated heterocycles. The lowest BCUT2D eigenvalue weighted by atomic mass is 9.36. The van der Waals surface area contributed by atoms with E-state index in [-0.39, 0.29) is 0 Å². The van der Waals surface area contributed by atoms with Gasteiger partial charge in [0.05, 0.1) is 0 Å². The van der Waals surface area contributed by atoms with Crippen LogP contribution in [0.3, 0.4) is 0 Å². The molecule has 4 aliphatic carbocycles. The molecule has 0 radical (unpaired) electrons. The first-order chi connectivity index (χ1) is 4.88. The van der Waals surface area contributed by atoms with Crippen LogP contribution in [0.15, 0.2) is 23.3 Å². The van der Waals surface area contributed by atoms with Crippen LogP contribution in [0, 0.1) is 11.3 Å². The number of hydrogen-bond donors (Lipinski definition) is 1. The molecule has 0 aliphatic heterocycles. The van der Waals surface area contributed by atoms with Gasteiger partial charge in [0.15, 0.2) is 0 Å². The molecule has 10 heavy (non-hydrogen) atoms. The third-order valence-electron chi connectivity index (χ3n) is 3.43. The fourth-order valence-corrected chi connectivity index (χ4v) is 2.77. The molecular formula is C9H11N. The van der Waals surface area contributed by atoms with Crippen LogP contribution in [0.4, 0.5) is 0 Å². The highest BCUT2D eigenvalue weighted by molar-refractivity contribution is 5.60. The predicted molar refractivity (Wildman–Crippen MR) is 40.4 cm³/mol. The summed E-state index contributed by atoms with van der Waals surface area (Å²) in [6.45, 7) is 0.848. The lowest BCUT2D eigenvalue weighted by molar-refractivity contribution is 0.104. The van der Waals surface area contributed by atoms with Crippen molar-refractivity contribution >= 4 is 0 Å². The standard InChI is InChI=1S/C9H11N/c10-5-9-4-6-7(9)2-1-3-8(6)9/h2-3,6H,1,4-5,10H2. The molecule has 4 bridgehead atoms. The summed E-state index contributed by atoms with van der Waals surface area (Å²) in [6, 6.07) is 0. The SMILES string of the molecule is NCC12CC3C1=CCC=C32. The normalized spacial score (nSPS) is 46.7. The lowest BCUT2D eigenvalue weighted by Gasteiger charge is -2.68. The summed E-state index contributed by atoms with van der Waals surface area (Å²) in [4.78, 5) is 0. The monoisotopic (exact) mass is 133 g/mol. The third kappa shape index (κ3) is 0.276. The first kappa shape index (κ1) is 5.14. The predicted octanol–water partition coefficient (Wildman–Crippen LogP) is 1.22. The van der Waals surface area contributed by atoms with Crippen molar-refractivity contribution in [2.45, 2.75) is 12.8 Å². The van der Waals surface area contributed by atoms with Crippen molar-refractivity contribution in [2.75, 3.05) is 6.54 Å². The van der Waals surface area contributed by atoms with Gasteiger partial charge in [0.2, 0.25) is 0 Å². The zero-order valence-corrected chi connectivity index (χ0v) is 5.93. The van der Waals surface area contributed by atoms with Gasteiger partial charge in [-0.1, -0.05) is 23.3 Å². The van der Waals surface area contributed by atoms with E-state index in [0.29, 0.717) is 5.41 Å². The minimum absolute atomic E-state index is 0.420. The summed E-state index contributed by atoms with van der Waals surface area (Å²) in [7, 11) is 0. The van der Waals surface area contributed by atoms with Gasteiger partial charge in [0.25, 0.3) is 0 Å². The maximum Gasteiger partial charge on any atom is 0.0264 e. The summed E-state index contributed by atoms with van der Waals surface area (Å²) in [5, 5.41) is 0. The maximum atomic E-state index is 5.71. The average molecular weight is 133 g/mol. The summed E-state index contributed by atoms with van der Waals surface area (Å²) < 4.78 is 0. The highest BCUT2D eigenvalue weighted by Gasteiger charge is 2.65. The van der Waals surface area contributed by atoms with Gasteiger partial charge in [-0.3, -0.25) is 0 Å². The average Bonchev–Trinajstić information content (AvgIpc) is 1.87.